The lowest BCUT2D eigenvalue weighted by Crippen LogP contribution is -2.18. The third-order valence-corrected chi connectivity index (χ3v) is 5.01. The van der Waals surface area contributed by atoms with E-state index in [1.54, 1.807) is 12.1 Å². The Morgan fingerprint density at radius 3 is 3.05 bits per heavy atom. The average molecular weight is 283 g/mol. The van der Waals surface area contributed by atoms with Crippen LogP contribution in [-0.2, 0) is 9.84 Å². The molecule has 0 radical (unpaired) electrons. The third-order valence-electron chi connectivity index (χ3n) is 3.17. The molecule has 19 heavy (non-hydrogen) atoms. The fraction of sp³-hybridized carbons (Fsp3) is 0.500. The fourth-order valence-corrected chi connectivity index (χ4v) is 4.04. The van der Waals surface area contributed by atoms with Crippen LogP contribution in [-0.4, -0.2) is 46.3 Å². The summed E-state index contributed by atoms with van der Waals surface area (Å²) in [6, 6.07) is 3.37. The van der Waals surface area contributed by atoms with Gasteiger partial charge in [0.2, 0.25) is 0 Å². The Hall–Kier alpha value is -1.90. The van der Waals surface area contributed by atoms with Crippen molar-refractivity contribution in [1.82, 2.24) is 19.8 Å². The van der Waals surface area contributed by atoms with Gasteiger partial charge >= 0.3 is 5.69 Å². The van der Waals surface area contributed by atoms with Gasteiger partial charge in [-0.3, -0.25) is 0 Å². The molecule has 2 N–H and O–H groups in total. The van der Waals surface area contributed by atoms with Gasteiger partial charge in [-0.05, 0) is 24.5 Å². The van der Waals surface area contributed by atoms with Crippen LogP contribution in [0.3, 0.4) is 0 Å². The van der Waals surface area contributed by atoms with Crippen LogP contribution in [0.1, 0.15) is 6.42 Å². The maximum Gasteiger partial charge on any atom is 0.364 e. The van der Waals surface area contributed by atoms with Crippen molar-refractivity contribution in [1.29, 1.82) is 0 Å². The highest BCUT2D eigenvalue weighted by Crippen LogP contribution is 2.18. The van der Waals surface area contributed by atoms with Crippen LogP contribution in [0.4, 0.5) is 5.82 Å². The summed E-state index contributed by atoms with van der Waals surface area (Å²) in [5, 5.41) is 13.2. The van der Waals surface area contributed by atoms with Crippen molar-refractivity contribution in [3.8, 4) is 0 Å². The lowest BCUT2D eigenvalue weighted by molar-refractivity contribution is 0.595. The molecule has 2 aromatic heterocycles. The lowest BCUT2D eigenvalue weighted by Gasteiger charge is -2.09. The number of fused-ring (bicyclic) bond motifs is 1. The second-order valence-electron chi connectivity index (χ2n) is 4.67. The molecule has 3 heterocycles. The highest BCUT2D eigenvalue weighted by molar-refractivity contribution is 7.91. The number of hydrogen-bond acceptors (Lipinski definition) is 6. The minimum atomic E-state index is -2.86. The predicted molar refractivity (Wildman–Crippen MR) is 68.9 cm³/mol. The molecule has 1 unspecified atom stereocenters. The Kier molecular flexibility index (Phi) is 2.77. The molecule has 0 amide bonds. The molecule has 8 nitrogen and oxygen atoms in total. The van der Waals surface area contributed by atoms with Crippen molar-refractivity contribution in [2.75, 3.05) is 23.4 Å². The van der Waals surface area contributed by atoms with E-state index in [1.165, 1.54) is 0 Å². The summed E-state index contributed by atoms with van der Waals surface area (Å²) >= 11 is 0. The summed E-state index contributed by atoms with van der Waals surface area (Å²) in [7, 11) is -2.86. The van der Waals surface area contributed by atoms with Crippen molar-refractivity contribution in [2.24, 2.45) is 5.92 Å². The van der Waals surface area contributed by atoms with Gasteiger partial charge in [0.05, 0.1) is 11.5 Å². The van der Waals surface area contributed by atoms with E-state index in [-0.39, 0.29) is 17.4 Å². The van der Waals surface area contributed by atoms with Gasteiger partial charge in [0.25, 0.3) is 0 Å². The Morgan fingerprint density at radius 1 is 1.47 bits per heavy atom. The van der Waals surface area contributed by atoms with Crippen molar-refractivity contribution < 1.29 is 8.42 Å². The molecule has 3 rings (SSSR count). The standard InChI is InChI=1S/C10H13N5O3S/c16-10-13-12-9-2-1-8(14-15(9)10)11-5-7-3-4-19(17,18)6-7/h1-2,7H,3-6H2,(H,11,14)(H,13,16). The molecule has 0 aromatic carbocycles. The Morgan fingerprint density at radius 2 is 2.32 bits per heavy atom. The number of anilines is 1. The van der Waals surface area contributed by atoms with Gasteiger partial charge < -0.3 is 5.32 Å². The minimum absolute atomic E-state index is 0.101. The maximum absolute atomic E-state index is 11.4. The first-order chi connectivity index (χ1) is 9.03. The number of aromatic nitrogens is 4. The van der Waals surface area contributed by atoms with Gasteiger partial charge in [0.15, 0.2) is 15.5 Å². The monoisotopic (exact) mass is 283 g/mol. The minimum Gasteiger partial charge on any atom is -0.368 e. The summed E-state index contributed by atoms with van der Waals surface area (Å²) in [5.41, 5.74) is 0.0427. The van der Waals surface area contributed by atoms with Gasteiger partial charge in [-0.15, -0.1) is 5.10 Å². The Balaban J connectivity index is 1.72. The van der Waals surface area contributed by atoms with E-state index in [0.717, 1.165) is 4.52 Å². The van der Waals surface area contributed by atoms with E-state index < -0.39 is 15.5 Å². The van der Waals surface area contributed by atoms with Crippen LogP contribution in [0.25, 0.3) is 5.65 Å². The van der Waals surface area contributed by atoms with Gasteiger partial charge in [-0.25, -0.2) is 18.3 Å². The van der Waals surface area contributed by atoms with E-state index in [4.69, 9.17) is 0 Å². The second kappa shape index (κ2) is 4.34. The van der Waals surface area contributed by atoms with Crippen LogP contribution in [0.5, 0.6) is 0 Å². The van der Waals surface area contributed by atoms with E-state index in [2.05, 4.69) is 20.6 Å². The lowest BCUT2D eigenvalue weighted by atomic mass is 10.1. The van der Waals surface area contributed by atoms with Crippen molar-refractivity contribution >= 4 is 21.3 Å². The number of nitrogens with zero attached hydrogens (tertiary/aromatic N) is 3. The topological polar surface area (TPSA) is 109 Å². The molecule has 1 saturated heterocycles. The molecular weight excluding hydrogens is 270 g/mol. The Bertz CT molecular complexity index is 763. The molecule has 0 saturated carbocycles. The highest BCUT2D eigenvalue weighted by atomic mass is 32.2. The molecular formula is C10H13N5O3S. The molecule has 2 aromatic rings. The molecule has 102 valence electrons. The zero-order chi connectivity index (χ0) is 13.5. The molecule has 0 spiro atoms. The smallest absolute Gasteiger partial charge is 0.364 e. The number of nitrogens with one attached hydrogen (secondary N) is 2. The van der Waals surface area contributed by atoms with E-state index in [0.29, 0.717) is 24.4 Å². The van der Waals surface area contributed by atoms with Crippen LogP contribution < -0.4 is 11.0 Å². The molecule has 0 bridgehead atoms. The molecule has 1 fully saturated rings. The predicted octanol–water partition coefficient (Wildman–Crippen LogP) is -0.736. The summed E-state index contributed by atoms with van der Waals surface area (Å²) in [5.74, 6) is 1.10. The van der Waals surface area contributed by atoms with Crippen molar-refractivity contribution in [3.63, 3.8) is 0 Å². The van der Waals surface area contributed by atoms with Crippen LogP contribution in [0.15, 0.2) is 16.9 Å². The van der Waals surface area contributed by atoms with Crippen molar-refractivity contribution in [3.05, 3.63) is 22.6 Å². The maximum atomic E-state index is 11.4. The summed E-state index contributed by atoms with van der Waals surface area (Å²) < 4.78 is 23.8. The first kappa shape index (κ1) is 12.2. The molecule has 1 aliphatic rings. The molecule has 1 aliphatic heterocycles. The second-order valence-corrected chi connectivity index (χ2v) is 6.90. The van der Waals surface area contributed by atoms with Gasteiger partial charge in [0.1, 0.15) is 5.82 Å². The average Bonchev–Trinajstić information content (AvgIpc) is 2.91. The van der Waals surface area contributed by atoms with Crippen LogP contribution in [0, 0.1) is 5.92 Å². The number of H-pyrrole nitrogens is 1. The first-order valence-electron chi connectivity index (χ1n) is 5.92. The summed E-state index contributed by atoms with van der Waals surface area (Å²) in [6.07, 6.45) is 0.670. The number of hydrogen-bond donors (Lipinski definition) is 2. The normalized spacial score (nSPS) is 21.8. The first-order valence-corrected chi connectivity index (χ1v) is 7.74. The number of rotatable bonds is 3. The zero-order valence-electron chi connectivity index (χ0n) is 10.0. The zero-order valence-corrected chi connectivity index (χ0v) is 10.9. The molecule has 1 atom stereocenters. The van der Waals surface area contributed by atoms with E-state index in [9.17, 15) is 13.2 Å². The van der Waals surface area contributed by atoms with Gasteiger partial charge in [-0.2, -0.15) is 9.61 Å². The molecule has 0 aliphatic carbocycles. The Labute approximate surface area is 108 Å². The molecule has 9 heteroatoms. The van der Waals surface area contributed by atoms with E-state index in [1.807, 2.05) is 0 Å². The van der Waals surface area contributed by atoms with Crippen LogP contribution >= 0.6 is 0 Å². The van der Waals surface area contributed by atoms with Crippen molar-refractivity contribution in [2.45, 2.75) is 6.42 Å². The SMILES string of the molecule is O=c1[nH]nc2ccc(NCC3CCS(=O)(=O)C3)nn12. The third kappa shape index (κ3) is 2.46. The van der Waals surface area contributed by atoms with E-state index >= 15 is 0 Å². The number of aromatic amines is 1. The summed E-state index contributed by atoms with van der Waals surface area (Å²) in [6.45, 7) is 0.532. The van der Waals surface area contributed by atoms with Gasteiger partial charge in [0, 0.05) is 6.54 Å². The largest absolute Gasteiger partial charge is 0.368 e. The van der Waals surface area contributed by atoms with Crippen LogP contribution in [0.2, 0.25) is 0 Å². The number of sulfone groups is 1. The van der Waals surface area contributed by atoms with Gasteiger partial charge in [-0.1, -0.05) is 0 Å². The quantitative estimate of drug-likeness (QED) is 0.768. The summed E-state index contributed by atoms with van der Waals surface area (Å²) in [4.78, 5) is 11.4. The highest BCUT2D eigenvalue weighted by Gasteiger charge is 2.27. The fourth-order valence-electron chi connectivity index (χ4n) is 2.18.